The largest absolute Gasteiger partial charge is 0.368 e. The molecule has 2 aromatic rings. The van der Waals surface area contributed by atoms with Gasteiger partial charge < -0.3 is 14.4 Å². The molecule has 2 fully saturated rings. The smallest absolute Gasteiger partial charge is 0.233 e. The van der Waals surface area contributed by atoms with Crippen molar-refractivity contribution in [3.05, 3.63) is 40.7 Å². The molecule has 1 aromatic heterocycles. The fraction of sp³-hybridized carbons (Fsp3) is 0.565. The highest BCUT2D eigenvalue weighted by Gasteiger charge is 2.25. The molecule has 1 amide bonds. The molecule has 1 saturated heterocycles. The predicted octanol–water partition coefficient (Wildman–Crippen LogP) is 5.10. The lowest BCUT2D eigenvalue weighted by Gasteiger charge is -2.36. The van der Waals surface area contributed by atoms with Gasteiger partial charge in [-0.1, -0.05) is 48.7 Å². The van der Waals surface area contributed by atoms with E-state index in [2.05, 4.69) is 29.4 Å². The topological polar surface area (TPSA) is 41.4 Å². The molecule has 1 aromatic carbocycles. The molecular weight excluding hydrogens is 416 g/mol. The van der Waals surface area contributed by atoms with Gasteiger partial charge in [0.25, 0.3) is 0 Å². The van der Waals surface area contributed by atoms with Crippen LogP contribution in [0.25, 0.3) is 0 Å². The van der Waals surface area contributed by atoms with Gasteiger partial charge in [-0.05, 0) is 44.9 Å². The molecule has 4 rings (SSSR count). The molecule has 5 nitrogen and oxygen atoms in total. The van der Waals surface area contributed by atoms with Crippen molar-refractivity contribution in [3.63, 3.8) is 0 Å². The standard InChI is InChI=1S/C23H31ClN4OS/c1-17-18(2)28(20-8-4-3-5-9-20)23(25-17)30-16-22(29)27-13-11-26(12-14-27)21-10-6-7-19(24)15-21/h6-7,10,15,20H,3-5,8-9,11-14,16H2,1-2H3. The van der Waals surface area contributed by atoms with Crippen LogP contribution in [0.2, 0.25) is 5.02 Å². The minimum atomic E-state index is 0.208. The molecule has 1 saturated carbocycles. The van der Waals surface area contributed by atoms with Crippen molar-refractivity contribution in [1.29, 1.82) is 0 Å². The predicted molar refractivity (Wildman–Crippen MR) is 125 cm³/mol. The van der Waals surface area contributed by atoms with E-state index in [9.17, 15) is 4.79 Å². The lowest BCUT2D eigenvalue weighted by Crippen LogP contribution is -2.49. The number of rotatable bonds is 5. The van der Waals surface area contributed by atoms with Crippen LogP contribution in [-0.4, -0.2) is 52.3 Å². The molecule has 30 heavy (non-hydrogen) atoms. The highest BCUT2D eigenvalue weighted by Crippen LogP contribution is 2.34. The van der Waals surface area contributed by atoms with Crippen LogP contribution in [0.3, 0.4) is 0 Å². The minimum absolute atomic E-state index is 0.208. The Hall–Kier alpha value is -1.66. The maximum absolute atomic E-state index is 12.9. The number of nitrogens with zero attached hydrogens (tertiary/aromatic N) is 4. The summed E-state index contributed by atoms with van der Waals surface area (Å²) < 4.78 is 2.41. The van der Waals surface area contributed by atoms with E-state index in [4.69, 9.17) is 16.6 Å². The van der Waals surface area contributed by atoms with Crippen LogP contribution < -0.4 is 4.90 Å². The van der Waals surface area contributed by atoms with Gasteiger partial charge in [-0.3, -0.25) is 4.79 Å². The van der Waals surface area contributed by atoms with Gasteiger partial charge >= 0.3 is 0 Å². The first-order valence-electron chi connectivity index (χ1n) is 11.0. The van der Waals surface area contributed by atoms with Gasteiger partial charge in [0.2, 0.25) is 5.91 Å². The van der Waals surface area contributed by atoms with Crippen LogP contribution in [-0.2, 0) is 4.79 Å². The number of carbonyl (C=O) groups is 1. The average Bonchev–Trinajstić information content (AvgIpc) is 3.06. The van der Waals surface area contributed by atoms with E-state index in [0.717, 1.165) is 47.7 Å². The molecule has 0 unspecified atom stereocenters. The molecule has 0 radical (unpaired) electrons. The summed E-state index contributed by atoms with van der Waals surface area (Å²) in [5.74, 6) is 0.666. The average molecular weight is 447 g/mol. The first kappa shape index (κ1) is 21.6. The Bertz CT molecular complexity index is 885. The number of hydrogen-bond acceptors (Lipinski definition) is 4. The zero-order valence-corrected chi connectivity index (χ0v) is 19.5. The number of piperazine rings is 1. The summed E-state index contributed by atoms with van der Waals surface area (Å²) in [6, 6.07) is 8.48. The zero-order valence-electron chi connectivity index (χ0n) is 17.9. The molecule has 0 spiro atoms. The number of carbonyl (C=O) groups excluding carboxylic acids is 1. The normalized spacial score (nSPS) is 18.1. The highest BCUT2D eigenvalue weighted by atomic mass is 35.5. The fourth-order valence-corrected chi connectivity index (χ4v) is 5.82. The molecule has 0 bridgehead atoms. The van der Waals surface area contributed by atoms with Crippen LogP contribution in [0.15, 0.2) is 29.4 Å². The van der Waals surface area contributed by atoms with E-state index in [1.54, 1.807) is 11.8 Å². The van der Waals surface area contributed by atoms with Crippen molar-refractivity contribution in [2.24, 2.45) is 0 Å². The molecule has 7 heteroatoms. The Morgan fingerprint density at radius 1 is 1.13 bits per heavy atom. The Morgan fingerprint density at radius 3 is 2.57 bits per heavy atom. The second-order valence-electron chi connectivity index (χ2n) is 8.36. The summed E-state index contributed by atoms with van der Waals surface area (Å²) in [5.41, 5.74) is 3.47. The maximum atomic E-state index is 12.9. The SMILES string of the molecule is Cc1nc(SCC(=O)N2CCN(c3cccc(Cl)c3)CC2)n(C2CCCCC2)c1C. The van der Waals surface area contributed by atoms with Gasteiger partial charge in [0.05, 0.1) is 11.4 Å². The van der Waals surface area contributed by atoms with Gasteiger partial charge in [-0.25, -0.2) is 4.98 Å². The van der Waals surface area contributed by atoms with Crippen molar-refractivity contribution in [2.75, 3.05) is 36.8 Å². The van der Waals surface area contributed by atoms with Gasteiger partial charge in [0.15, 0.2) is 5.16 Å². The molecule has 0 atom stereocenters. The van der Waals surface area contributed by atoms with Crippen molar-refractivity contribution in [3.8, 4) is 0 Å². The van der Waals surface area contributed by atoms with Gasteiger partial charge in [0.1, 0.15) is 0 Å². The third kappa shape index (κ3) is 4.80. The Balaban J connectivity index is 1.34. The highest BCUT2D eigenvalue weighted by molar-refractivity contribution is 7.99. The molecule has 2 aliphatic rings. The van der Waals surface area contributed by atoms with Crippen LogP contribution >= 0.6 is 23.4 Å². The third-order valence-electron chi connectivity index (χ3n) is 6.42. The molecular formula is C23H31ClN4OS. The minimum Gasteiger partial charge on any atom is -0.368 e. The van der Waals surface area contributed by atoms with E-state index < -0.39 is 0 Å². The second-order valence-corrected chi connectivity index (χ2v) is 9.74. The lowest BCUT2D eigenvalue weighted by molar-refractivity contribution is -0.128. The number of hydrogen-bond donors (Lipinski definition) is 0. The summed E-state index contributed by atoms with van der Waals surface area (Å²) in [6.45, 7) is 7.42. The third-order valence-corrected chi connectivity index (χ3v) is 7.60. The molecule has 162 valence electrons. The Kier molecular flexibility index (Phi) is 6.94. The number of benzene rings is 1. The second kappa shape index (κ2) is 9.65. The molecule has 1 aliphatic heterocycles. The van der Waals surface area contributed by atoms with Crippen molar-refractivity contribution >= 4 is 35.0 Å². The first-order chi connectivity index (χ1) is 14.5. The van der Waals surface area contributed by atoms with Crippen LogP contribution in [0.4, 0.5) is 5.69 Å². The lowest BCUT2D eigenvalue weighted by atomic mass is 9.95. The monoisotopic (exact) mass is 446 g/mol. The van der Waals surface area contributed by atoms with Gasteiger partial charge in [0, 0.05) is 48.6 Å². The van der Waals surface area contributed by atoms with E-state index in [1.165, 1.54) is 37.8 Å². The number of anilines is 1. The van der Waals surface area contributed by atoms with Gasteiger partial charge in [-0.15, -0.1) is 0 Å². The number of aryl methyl sites for hydroxylation is 1. The summed E-state index contributed by atoms with van der Waals surface area (Å²) in [7, 11) is 0. The van der Waals surface area contributed by atoms with Crippen molar-refractivity contribution < 1.29 is 4.79 Å². The quantitative estimate of drug-likeness (QED) is 0.599. The summed E-state index contributed by atoms with van der Waals surface area (Å²) >= 11 is 7.73. The number of aromatic nitrogens is 2. The van der Waals surface area contributed by atoms with E-state index >= 15 is 0 Å². The molecule has 0 N–H and O–H groups in total. The summed E-state index contributed by atoms with van der Waals surface area (Å²) in [4.78, 5) is 22.0. The first-order valence-corrected chi connectivity index (χ1v) is 12.4. The van der Waals surface area contributed by atoms with E-state index in [-0.39, 0.29) is 5.91 Å². The number of thioether (sulfide) groups is 1. The van der Waals surface area contributed by atoms with Crippen molar-refractivity contribution in [2.45, 2.75) is 57.1 Å². The van der Waals surface area contributed by atoms with Gasteiger partial charge in [-0.2, -0.15) is 0 Å². The van der Waals surface area contributed by atoms with Crippen LogP contribution in [0.1, 0.15) is 49.5 Å². The van der Waals surface area contributed by atoms with Crippen LogP contribution in [0, 0.1) is 13.8 Å². The van der Waals surface area contributed by atoms with E-state index in [1.807, 2.05) is 23.1 Å². The maximum Gasteiger partial charge on any atom is 0.233 e. The van der Waals surface area contributed by atoms with Crippen LogP contribution in [0.5, 0.6) is 0 Å². The zero-order chi connectivity index (χ0) is 21.1. The fourth-order valence-electron chi connectivity index (χ4n) is 4.57. The summed E-state index contributed by atoms with van der Waals surface area (Å²) in [6.07, 6.45) is 6.38. The Labute approximate surface area is 188 Å². The molecule has 2 heterocycles. The van der Waals surface area contributed by atoms with Crippen molar-refractivity contribution in [1.82, 2.24) is 14.5 Å². The number of amides is 1. The Morgan fingerprint density at radius 2 is 1.87 bits per heavy atom. The molecule has 1 aliphatic carbocycles. The number of halogens is 1. The van der Waals surface area contributed by atoms with E-state index in [0.29, 0.717) is 11.8 Å². The number of imidazole rings is 1. The summed E-state index contributed by atoms with van der Waals surface area (Å²) in [5, 5.41) is 1.77.